The van der Waals surface area contributed by atoms with Crippen LogP contribution in [0.2, 0.25) is 0 Å². The number of hydrogen-bond acceptors (Lipinski definition) is 0. The van der Waals surface area contributed by atoms with Gasteiger partial charge in [-0.3, -0.25) is 0 Å². The third-order valence-electron chi connectivity index (χ3n) is 0. The Morgan fingerprint density at radius 3 is 0.750 bits per heavy atom. The van der Waals surface area contributed by atoms with Crippen molar-refractivity contribution in [1.29, 1.82) is 0 Å². The average Bonchev–Trinajstić information content (AvgIpc) is 0. The molecule has 0 nitrogen and oxygen atoms in total. The first kappa shape index (κ1) is 39.3. The fraction of sp³-hybridized carbons (Fsp3) is 0. The van der Waals surface area contributed by atoms with Gasteiger partial charge in [0, 0.05) is 17.1 Å². The molecule has 4 heavy (non-hydrogen) atoms. The van der Waals surface area contributed by atoms with Crippen molar-refractivity contribution < 1.29 is 17.1 Å². The van der Waals surface area contributed by atoms with E-state index in [0.29, 0.717) is 0 Å². The quantitative estimate of drug-likeness (QED) is 0.533. The molecule has 0 aromatic carbocycles. The summed E-state index contributed by atoms with van der Waals surface area (Å²) in [5, 5.41) is 0. The van der Waals surface area contributed by atoms with Gasteiger partial charge in [0.15, 0.2) is 0 Å². The van der Waals surface area contributed by atoms with Gasteiger partial charge in [-0.05, 0) is 0 Å². The standard InChI is InChI=1S/2ClH.Cu.Sn.2H/h2*1H;;;;. The minimum atomic E-state index is 0. The van der Waals surface area contributed by atoms with E-state index in [9.17, 15) is 0 Å². The number of hydrogen-bond donors (Lipinski definition) is 0. The summed E-state index contributed by atoms with van der Waals surface area (Å²) in [4.78, 5) is 0. The summed E-state index contributed by atoms with van der Waals surface area (Å²) in [7, 11) is 0. The third-order valence-corrected chi connectivity index (χ3v) is 0. The van der Waals surface area contributed by atoms with Crippen molar-refractivity contribution in [2.45, 2.75) is 0 Å². The van der Waals surface area contributed by atoms with Crippen LogP contribution in [0.15, 0.2) is 0 Å². The molecular formula is H4Cl2CuSn. The maximum absolute atomic E-state index is 0. The monoisotopic (exact) mass is 257 g/mol. The van der Waals surface area contributed by atoms with Crippen molar-refractivity contribution in [2.75, 3.05) is 0 Å². The molecule has 33 valence electrons. The van der Waals surface area contributed by atoms with Gasteiger partial charge in [-0.2, -0.15) is 0 Å². The van der Waals surface area contributed by atoms with Gasteiger partial charge >= 0.3 is 23.9 Å². The van der Waals surface area contributed by atoms with E-state index in [1.807, 2.05) is 0 Å². The predicted molar refractivity (Wildman–Crippen MR) is 23.0 cm³/mol. The molecule has 0 aromatic rings. The summed E-state index contributed by atoms with van der Waals surface area (Å²) in [5.74, 6) is 0. The van der Waals surface area contributed by atoms with E-state index in [0.717, 1.165) is 0 Å². The van der Waals surface area contributed by atoms with Crippen molar-refractivity contribution in [3.05, 3.63) is 0 Å². The van der Waals surface area contributed by atoms with Gasteiger partial charge in [0.25, 0.3) is 0 Å². The Labute approximate surface area is 65.3 Å². The zero-order valence-corrected chi connectivity index (χ0v) is 8.44. The van der Waals surface area contributed by atoms with Crippen molar-refractivity contribution in [2.24, 2.45) is 0 Å². The van der Waals surface area contributed by atoms with Gasteiger partial charge in [-0.25, -0.2) is 0 Å². The summed E-state index contributed by atoms with van der Waals surface area (Å²) < 4.78 is 0. The molecule has 0 N–H and O–H groups in total. The molecule has 3 radical (unpaired) electrons. The second kappa shape index (κ2) is 20.7. The van der Waals surface area contributed by atoms with Gasteiger partial charge < -0.3 is 0 Å². The Hall–Kier alpha value is 1.90. The summed E-state index contributed by atoms with van der Waals surface area (Å²) in [5.41, 5.74) is 0. The van der Waals surface area contributed by atoms with E-state index in [-0.39, 0.29) is 65.8 Å². The van der Waals surface area contributed by atoms with Crippen LogP contribution in [0.1, 0.15) is 0 Å². The molecule has 0 unspecified atom stereocenters. The Morgan fingerprint density at radius 1 is 0.750 bits per heavy atom. The van der Waals surface area contributed by atoms with Crippen LogP contribution in [0.5, 0.6) is 0 Å². The molecular weight excluding hydrogens is 253 g/mol. The molecule has 0 aliphatic carbocycles. The number of halogens is 2. The molecule has 0 atom stereocenters. The molecule has 0 bridgehead atoms. The van der Waals surface area contributed by atoms with E-state index >= 15 is 0 Å². The van der Waals surface area contributed by atoms with Crippen LogP contribution in [-0.2, 0) is 17.1 Å². The molecule has 0 saturated heterocycles. The van der Waals surface area contributed by atoms with Gasteiger partial charge in [-0.1, -0.05) is 0 Å². The molecule has 0 rings (SSSR count). The van der Waals surface area contributed by atoms with Crippen LogP contribution in [0.3, 0.4) is 0 Å². The van der Waals surface area contributed by atoms with Gasteiger partial charge in [0.1, 0.15) is 0 Å². The molecule has 0 aliphatic rings. The molecule has 0 saturated carbocycles. The zero-order valence-electron chi connectivity index (χ0n) is 1.83. The Bertz CT molecular complexity index is 6.00. The molecule has 0 heterocycles. The van der Waals surface area contributed by atoms with E-state index in [1.165, 1.54) is 0 Å². The van der Waals surface area contributed by atoms with Crippen LogP contribution in [-0.4, -0.2) is 23.9 Å². The van der Waals surface area contributed by atoms with E-state index in [1.54, 1.807) is 0 Å². The van der Waals surface area contributed by atoms with Crippen molar-refractivity contribution >= 4 is 48.7 Å². The Kier molecular flexibility index (Phi) is 203. The van der Waals surface area contributed by atoms with Crippen LogP contribution in [0.4, 0.5) is 0 Å². The Morgan fingerprint density at radius 2 is 0.750 bits per heavy atom. The van der Waals surface area contributed by atoms with Gasteiger partial charge in [0.2, 0.25) is 0 Å². The summed E-state index contributed by atoms with van der Waals surface area (Å²) in [6.07, 6.45) is 0. The minimum absolute atomic E-state index is 0. The van der Waals surface area contributed by atoms with E-state index in [2.05, 4.69) is 0 Å². The summed E-state index contributed by atoms with van der Waals surface area (Å²) in [6, 6.07) is 0. The van der Waals surface area contributed by atoms with Crippen molar-refractivity contribution in [3.8, 4) is 0 Å². The second-order valence-corrected chi connectivity index (χ2v) is 0. The van der Waals surface area contributed by atoms with E-state index < -0.39 is 0 Å². The van der Waals surface area contributed by atoms with Crippen LogP contribution >= 0.6 is 24.8 Å². The Balaban J connectivity index is 0. The predicted octanol–water partition coefficient (Wildman–Crippen LogP) is -0.0751. The SMILES string of the molecule is Cl.Cl.[Cu].[SnH2]. The first-order valence-corrected chi connectivity index (χ1v) is 0. The zero-order chi connectivity index (χ0) is 0. The fourth-order valence-electron chi connectivity index (χ4n) is 0. The molecule has 0 aliphatic heterocycles. The van der Waals surface area contributed by atoms with Crippen LogP contribution in [0.25, 0.3) is 0 Å². The maximum atomic E-state index is 0. The van der Waals surface area contributed by atoms with Crippen molar-refractivity contribution in [1.82, 2.24) is 0 Å². The molecule has 0 aromatic heterocycles. The van der Waals surface area contributed by atoms with Crippen LogP contribution < -0.4 is 0 Å². The molecule has 0 spiro atoms. The summed E-state index contributed by atoms with van der Waals surface area (Å²) in [6.45, 7) is 0. The topological polar surface area (TPSA) is 0 Å². The molecule has 4 heteroatoms. The normalized spacial score (nSPS) is 0. The van der Waals surface area contributed by atoms with Gasteiger partial charge in [0.05, 0.1) is 0 Å². The first-order valence-electron chi connectivity index (χ1n) is 0. The molecule has 0 amide bonds. The van der Waals surface area contributed by atoms with Crippen LogP contribution in [0, 0.1) is 0 Å². The first-order chi connectivity index (χ1) is 0. The van der Waals surface area contributed by atoms with Crippen molar-refractivity contribution in [3.63, 3.8) is 0 Å². The van der Waals surface area contributed by atoms with E-state index in [4.69, 9.17) is 0 Å². The average molecular weight is 257 g/mol. The third kappa shape index (κ3) is 9.09. The van der Waals surface area contributed by atoms with Gasteiger partial charge in [-0.15, -0.1) is 24.8 Å². The second-order valence-electron chi connectivity index (χ2n) is 0. The number of rotatable bonds is 0. The molecule has 0 fully saturated rings. The summed E-state index contributed by atoms with van der Waals surface area (Å²) >= 11 is 0. The fourth-order valence-corrected chi connectivity index (χ4v) is 0.